The molecule has 4 rings (SSSR count). The second kappa shape index (κ2) is 9.39. The van der Waals surface area contributed by atoms with Gasteiger partial charge in [-0.2, -0.15) is 0 Å². The number of phenols is 1. The molecule has 2 aliphatic rings. The van der Waals surface area contributed by atoms with Crippen molar-refractivity contribution in [3.8, 4) is 17.2 Å². The monoisotopic (exact) mass is 398 g/mol. The van der Waals surface area contributed by atoms with Gasteiger partial charge in [0.25, 0.3) is 0 Å². The van der Waals surface area contributed by atoms with Crippen LogP contribution in [0.1, 0.15) is 64.2 Å². The van der Waals surface area contributed by atoms with Gasteiger partial charge in [-0.05, 0) is 49.9 Å². The zero-order valence-corrected chi connectivity index (χ0v) is 16.8. The Balaban J connectivity index is 1.40. The first-order valence-electron chi connectivity index (χ1n) is 10.9. The lowest BCUT2D eigenvalue weighted by atomic mass is 9.88. The standard InChI is InChI=1S/C22H30N4O3/c27-19-13-11-16(12-14-19)21-24-25-22(29-21)23-20(28)15-26(17-7-3-1-4-8-17)18-9-5-2-6-10-18/h11-14,17-18,27H,1-10,15H2,(H,23,25,28). The molecule has 1 amide bonds. The molecule has 0 aliphatic heterocycles. The first-order chi connectivity index (χ1) is 14.2. The SMILES string of the molecule is O=C(CN(C1CCCCC1)C1CCCCC1)Nc1nnc(-c2ccc(O)cc2)o1. The van der Waals surface area contributed by atoms with E-state index >= 15 is 0 Å². The Labute approximate surface area is 171 Å². The van der Waals surface area contributed by atoms with Crippen LogP contribution in [0.15, 0.2) is 28.7 Å². The predicted molar refractivity (Wildman–Crippen MR) is 110 cm³/mol. The lowest BCUT2D eigenvalue weighted by Gasteiger charge is -2.41. The summed E-state index contributed by atoms with van der Waals surface area (Å²) in [4.78, 5) is 15.2. The van der Waals surface area contributed by atoms with Crippen molar-refractivity contribution in [3.63, 3.8) is 0 Å². The molecule has 0 unspecified atom stereocenters. The van der Waals surface area contributed by atoms with E-state index in [0.29, 0.717) is 30.1 Å². The van der Waals surface area contributed by atoms with Gasteiger partial charge in [0.1, 0.15) is 5.75 Å². The molecular weight excluding hydrogens is 368 g/mol. The average Bonchev–Trinajstić information content (AvgIpc) is 3.22. The molecule has 2 aromatic rings. The van der Waals surface area contributed by atoms with Crippen molar-refractivity contribution in [1.82, 2.24) is 15.1 Å². The van der Waals surface area contributed by atoms with Crippen molar-refractivity contribution in [2.75, 3.05) is 11.9 Å². The maximum absolute atomic E-state index is 12.8. The van der Waals surface area contributed by atoms with E-state index in [9.17, 15) is 9.90 Å². The van der Waals surface area contributed by atoms with Gasteiger partial charge in [-0.3, -0.25) is 15.0 Å². The summed E-state index contributed by atoms with van der Waals surface area (Å²) in [6, 6.07) is 7.64. The smallest absolute Gasteiger partial charge is 0.322 e. The maximum Gasteiger partial charge on any atom is 0.322 e. The van der Waals surface area contributed by atoms with Gasteiger partial charge in [-0.25, -0.2) is 0 Å². The number of hydrogen-bond donors (Lipinski definition) is 2. The quantitative estimate of drug-likeness (QED) is 0.752. The van der Waals surface area contributed by atoms with Gasteiger partial charge in [-0.1, -0.05) is 43.6 Å². The second-order valence-corrected chi connectivity index (χ2v) is 8.26. The normalized spacial score (nSPS) is 18.8. The summed E-state index contributed by atoms with van der Waals surface area (Å²) in [5, 5.41) is 20.1. The molecule has 1 heterocycles. The van der Waals surface area contributed by atoms with E-state index in [4.69, 9.17) is 4.42 Å². The molecule has 0 bridgehead atoms. The molecule has 0 spiro atoms. The van der Waals surface area contributed by atoms with Crippen molar-refractivity contribution in [2.45, 2.75) is 76.3 Å². The molecule has 156 valence electrons. The molecule has 7 heteroatoms. The van der Waals surface area contributed by atoms with Crippen molar-refractivity contribution in [2.24, 2.45) is 0 Å². The third-order valence-electron chi connectivity index (χ3n) is 6.20. The Morgan fingerprint density at radius 2 is 1.55 bits per heavy atom. The third kappa shape index (κ3) is 5.15. The number of phenolic OH excluding ortho intramolecular Hbond substituents is 1. The molecule has 1 aromatic heterocycles. The highest BCUT2D eigenvalue weighted by atomic mass is 16.4. The Bertz CT molecular complexity index is 775. The minimum absolute atomic E-state index is 0.0953. The molecule has 1 aromatic carbocycles. The minimum atomic E-state index is -0.0953. The topological polar surface area (TPSA) is 91.5 Å². The van der Waals surface area contributed by atoms with Gasteiger partial charge in [0.15, 0.2) is 0 Å². The number of carbonyl (C=O) groups excluding carboxylic acids is 1. The number of aromatic nitrogens is 2. The number of nitrogens with one attached hydrogen (secondary N) is 1. The van der Waals surface area contributed by atoms with Crippen LogP contribution in [0.3, 0.4) is 0 Å². The van der Waals surface area contributed by atoms with Crippen molar-refractivity contribution >= 4 is 11.9 Å². The molecule has 0 radical (unpaired) electrons. The summed E-state index contributed by atoms with van der Waals surface area (Å²) in [7, 11) is 0. The molecule has 0 saturated heterocycles. The third-order valence-corrected chi connectivity index (χ3v) is 6.20. The van der Waals surface area contributed by atoms with E-state index < -0.39 is 0 Å². The van der Waals surface area contributed by atoms with Crippen LogP contribution >= 0.6 is 0 Å². The second-order valence-electron chi connectivity index (χ2n) is 8.26. The fourth-order valence-corrected chi connectivity index (χ4v) is 4.70. The zero-order valence-electron chi connectivity index (χ0n) is 16.8. The van der Waals surface area contributed by atoms with Crippen LogP contribution in [-0.2, 0) is 4.79 Å². The zero-order chi connectivity index (χ0) is 20.1. The lowest BCUT2D eigenvalue weighted by molar-refractivity contribution is -0.119. The highest BCUT2D eigenvalue weighted by molar-refractivity contribution is 5.90. The van der Waals surface area contributed by atoms with E-state index in [1.807, 2.05) is 0 Å². The van der Waals surface area contributed by atoms with Crippen LogP contribution in [-0.4, -0.2) is 44.7 Å². The van der Waals surface area contributed by atoms with Gasteiger partial charge < -0.3 is 9.52 Å². The summed E-state index contributed by atoms with van der Waals surface area (Å²) < 4.78 is 5.60. The molecule has 0 atom stereocenters. The molecule has 2 fully saturated rings. The summed E-state index contributed by atoms with van der Waals surface area (Å²) >= 11 is 0. The van der Waals surface area contributed by atoms with Crippen molar-refractivity contribution in [1.29, 1.82) is 0 Å². The largest absolute Gasteiger partial charge is 0.508 e. The number of amides is 1. The van der Waals surface area contributed by atoms with Crippen LogP contribution in [0.5, 0.6) is 5.75 Å². The summed E-state index contributed by atoms with van der Waals surface area (Å²) in [6.07, 6.45) is 12.4. The molecular formula is C22H30N4O3. The van der Waals surface area contributed by atoms with E-state index in [1.165, 1.54) is 64.2 Å². The average molecular weight is 399 g/mol. The molecule has 29 heavy (non-hydrogen) atoms. The van der Waals surface area contributed by atoms with Crippen LogP contribution < -0.4 is 5.32 Å². The number of benzene rings is 1. The van der Waals surface area contributed by atoms with Crippen LogP contribution in [0, 0.1) is 0 Å². The maximum atomic E-state index is 12.8. The van der Waals surface area contributed by atoms with Gasteiger partial charge in [0, 0.05) is 17.6 Å². The summed E-state index contributed by atoms with van der Waals surface area (Å²) in [5.74, 6) is 0.395. The first kappa shape index (κ1) is 19.9. The lowest BCUT2D eigenvalue weighted by Crippen LogP contribution is -2.48. The molecule has 2 saturated carbocycles. The minimum Gasteiger partial charge on any atom is -0.508 e. The number of nitrogens with zero attached hydrogens (tertiary/aromatic N) is 3. The number of rotatable bonds is 6. The molecule has 2 aliphatic carbocycles. The van der Waals surface area contributed by atoms with E-state index in [-0.39, 0.29) is 17.7 Å². The number of hydrogen-bond acceptors (Lipinski definition) is 6. The molecule has 7 nitrogen and oxygen atoms in total. The van der Waals surface area contributed by atoms with Gasteiger partial charge in [-0.15, -0.1) is 5.10 Å². The predicted octanol–water partition coefficient (Wildman–Crippen LogP) is 4.35. The fourth-order valence-electron chi connectivity index (χ4n) is 4.70. The van der Waals surface area contributed by atoms with Crippen LogP contribution in [0.4, 0.5) is 6.01 Å². The fraction of sp³-hybridized carbons (Fsp3) is 0.591. The van der Waals surface area contributed by atoms with E-state index in [1.54, 1.807) is 24.3 Å². The number of anilines is 1. The van der Waals surface area contributed by atoms with Gasteiger partial charge in [0.2, 0.25) is 11.8 Å². The Morgan fingerprint density at radius 3 is 2.14 bits per heavy atom. The first-order valence-corrected chi connectivity index (χ1v) is 10.9. The number of carbonyl (C=O) groups is 1. The number of aromatic hydroxyl groups is 1. The highest BCUT2D eigenvalue weighted by Gasteiger charge is 2.30. The Hall–Kier alpha value is -2.41. The van der Waals surface area contributed by atoms with E-state index in [0.717, 1.165) is 0 Å². The summed E-state index contributed by atoms with van der Waals surface area (Å²) in [6.45, 7) is 0.381. The van der Waals surface area contributed by atoms with Crippen molar-refractivity contribution < 1.29 is 14.3 Å². The molecule has 2 N–H and O–H groups in total. The van der Waals surface area contributed by atoms with Gasteiger partial charge >= 0.3 is 6.01 Å². The van der Waals surface area contributed by atoms with Crippen LogP contribution in [0.25, 0.3) is 11.5 Å². The van der Waals surface area contributed by atoms with Gasteiger partial charge in [0.05, 0.1) is 6.54 Å². The van der Waals surface area contributed by atoms with E-state index in [2.05, 4.69) is 20.4 Å². The Morgan fingerprint density at radius 1 is 0.966 bits per heavy atom. The highest BCUT2D eigenvalue weighted by Crippen LogP contribution is 2.30. The Kier molecular flexibility index (Phi) is 6.44. The van der Waals surface area contributed by atoms with Crippen molar-refractivity contribution in [3.05, 3.63) is 24.3 Å². The van der Waals surface area contributed by atoms with Crippen LogP contribution in [0.2, 0.25) is 0 Å². The summed E-state index contributed by atoms with van der Waals surface area (Å²) in [5.41, 5.74) is 0.696.